The first kappa shape index (κ1) is 8.66. The predicted octanol–water partition coefficient (Wildman–Crippen LogP) is 2.88. The van der Waals surface area contributed by atoms with Crippen molar-refractivity contribution in [1.29, 1.82) is 0 Å². The number of rotatable bonds is 1. The van der Waals surface area contributed by atoms with Crippen molar-refractivity contribution in [1.82, 2.24) is 14.5 Å². The van der Waals surface area contributed by atoms with Gasteiger partial charge in [-0.3, -0.25) is 0 Å². The predicted molar refractivity (Wildman–Crippen MR) is 60.3 cm³/mol. The number of pyridine rings is 1. The molecule has 0 saturated heterocycles. The van der Waals surface area contributed by atoms with Crippen molar-refractivity contribution in [3.8, 4) is 0 Å². The Labute approximate surface area is 88.8 Å². The molecule has 0 amide bonds. The summed E-state index contributed by atoms with van der Waals surface area (Å²) in [7, 11) is 0. The van der Waals surface area contributed by atoms with Crippen LogP contribution in [0.4, 0.5) is 0 Å². The highest BCUT2D eigenvalue weighted by Crippen LogP contribution is 2.27. The number of hydrogen-bond acceptors (Lipinski definition) is 2. The summed E-state index contributed by atoms with van der Waals surface area (Å²) < 4.78 is 1.84. The summed E-state index contributed by atoms with van der Waals surface area (Å²) in [6, 6.07) is 3.69. The highest BCUT2D eigenvalue weighted by molar-refractivity contribution is 14.2. The summed E-state index contributed by atoms with van der Waals surface area (Å²) in [5.74, 6) is 0. The monoisotopic (exact) mass is 311 g/mol. The smallest absolute Gasteiger partial charge is 0.163 e. The summed E-state index contributed by atoms with van der Waals surface area (Å²) in [6.07, 6.45) is 2.36. The van der Waals surface area contributed by atoms with Crippen LogP contribution in [0.1, 0.15) is 0 Å². The van der Waals surface area contributed by atoms with Gasteiger partial charge in [-0.15, -0.1) is 0 Å². The van der Waals surface area contributed by atoms with Crippen LogP contribution in [-0.2, 0) is 0 Å². The minimum absolute atomic E-state index is 0.513. The van der Waals surface area contributed by atoms with Crippen LogP contribution >= 0.6 is 40.0 Å². The molecule has 0 aliphatic carbocycles. The zero-order valence-corrected chi connectivity index (χ0v) is 9.74. The van der Waals surface area contributed by atoms with Crippen LogP contribution in [0.15, 0.2) is 18.3 Å². The first-order chi connectivity index (χ1) is 5.81. The molecule has 0 spiro atoms. The molecule has 0 aliphatic rings. The van der Waals surface area contributed by atoms with Crippen LogP contribution < -0.4 is 0 Å². The lowest BCUT2D eigenvalue weighted by Crippen LogP contribution is -1.85. The van der Waals surface area contributed by atoms with Crippen molar-refractivity contribution in [2.75, 3.05) is 0 Å². The average Bonchev–Trinajstić information content (AvgIpc) is 2.46. The Hall–Kier alpha value is 0.0700. The first-order valence-corrected chi connectivity index (χ1v) is 7.62. The second kappa shape index (κ2) is 3.44. The van der Waals surface area contributed by atoms with Crippen molar-refractivity contribution < 1.29 is 0 Å². The van der Waals surface area contributed by atoms with E-state index in [0.29, 0.717) is 11.5 Å². The van der Waals surface area contributed by atoms with Crippen LogP contribution in [0.5, 0.6) is 0 Å². The Morgan fingerprint density at radius 3 is 3.08 bits per heavy atom. The number of hydrogen-bond donors (Lipinski definition) is 0. The molecule has 2 rings (SSSR count). The molecule has 0 saturated carbocycles. The SMILES string of the molecule is Clc1ccc2cnn(PI)c2n1. The topological polar surface area (TPSA) is 30.7 Å². The lowest BCUT2D eigenvalue weighted by Gasteiger charge is -1.95. The first-order valence-electron chi connectivity index (χ1n) is 3.18. The fourth-order valence-electron chi connectivity index (χ4n) is 0.943. The quantitative estimate of drug-likeness (QED) is 0.460. The van der Waals surface area contributed by atoms with Gasteiger partial charge in [-0.1, -0.05) is 11.6 Å². The van der Waals surface area contributed by atoms with Crippen molar-refractivity contribution in [3.63, 3.8) is 0 Å². The van der Waals surface area contributed by atoms with Gasteiger partial charge in [-0.25, -0.2) is 9.44 Å². The van der Waals surface area contributed by atoms with E-state index < -0.39 is 0 Å². The molecule has 62 valence electrons. The highest BCUT2D eigenvalue weighted by atomic mass is 127. The second-order valence-corrected chi connectivity index (χ2v) is 4.61. The Balaban J connectivity index is 2.75. The second-order valence-electron chi connectivity index (χ2n) is 2.19. The molecule has 2 heterocycles. The van der Waals surface area contributed by atoms with Crippen LogP contribution in [0.25, 0.3) is 11.0 Å². The summed E-state index contributed by atoms with van der Waals surface area (Å²) in [6.45, 7) is 0. The number of fused-ring (bicyclic) bond motifs is 1. The van der Waals surface area contributed by atoms with Crippen LogP contribution in [-0.4, -0.2) is 14.5 Å². The van der Waals surface area contributed by atoms with E-state index in [0.717, 1.165) is 11.0 Å². The Kier molecular flexibility index (Phi) is 2.48. The molecule has 0 radical (unpaired) electrons. The number of aromatic nitrogens is 3. The molecule has 2 aromatic rings. The van der Waals surface area contributed by atoms with Gasteiger partial charge in [0.15, 0.2) is 5.65 Å². The molecule has 6 heteroatoms. The Morgan fingerprint density at radius 1 is 1.50 bits per heavy atom. The fraction of sp³-hybridized carbons (Fsp3) is 0. The number of nitrogens with zero attached hydrogens (tertiary/aromatic N) is 3. The van der Waals surface area contributed by atoms with Gasteiger partial charge in [0.1, 0.15) is 5.15 Å². The lowest BCUT2D eigenvalue weighted by atomic mass is 10.4. The summed E-state index contributed by atoms with van der Waals surface area (Å²) in [5.41, 5.74) is 0.857. The molecule has 1 unspecified atom stereocenters. The average molecular weight is 311 g/mol. The van der Waals surface area contributed by atoms with E-state index in [1.807, 2.05) is 10.5 Å². The fourth-order valence-corrected chi connectivity index (χ4v) is 2.51. The highest BCUT2D eigenvalue weighted by Gasteiger charge is 2.02. The normalized spacial score (nSPS) is 11.8. The largest absolute Gasteiger partial charge is 0.219 e. The van der Waals surface area contributed by atoms with Crippen LogP contribution in [0.3, 0.4) is 0 Å². The van der Waals surface area contributed by atoms with Crippen molar-refractivity contribution >= 4 is 51.0 Å². The number of halogens is 2. The molecule has 2 aromatic heterocycles. The molecular formula is C6H4ClIN3P. The molecule has 0 aromatic carbocycles. The summed E-state index contributed by atoms with van der Waals surface area (Å²) in [4.78, 5) is 4.17. The van der Waals surface area contributed by atoms with Gasteiger partial charge in [0.2, 0.25) is 0 Å². The maximum atomic E-state index is 5.75. The third-order valence-corrected chi connectivity index (χ3v) is 3.53. The summed E-state index contributed by atoms with van der Waals surface area (Å²) >= 11 is 8.01. The van der Waals surface area contributed by atoms with Gasteiger partial charge in [-0.2, -0.15) is 5.10 Å². The lowest BCUT2D eigenvalue weighted by molar-refractivity contribution is 1.02. The van der Waals surface area contributed by atoms with Gasteiger partial charge >= 0.3 is 0 Å². The van der Waals surface area contributed by atoms with E-state index in [1.165, 1.54) is 0 Å². The van der Waals surface area contributed by atoms with E-state index >= 15 is 0 Å². The zero-order chi connectivity index (χ0) is 8.55. The van der Waals surface area contributed by atoms with E-state index in [-0.39, 0.29) is 0 Å². The third kappa shape index (κ3) is 1.43. The van der Waals surface area contributed by atoms with E-state index in [1.54, 1.807) is 12.3 Å². The van der Waals surface area contributed by atoms with Crippen LogP contribution in [0.2, 0.25) is 5.15 Å². The van der Waals surface area contributed by atoms with Gasteiger partial charge in [0.05, 0.1) is 12.6 Å². The third-order valence-electron chi connectivity index (χ3n) is 1.46. The minimum atomic E-state index is 0.513. The van der Waals surface area contributed by atoms with Gasteiger partial charge in [0.25, 0.3) is 0 Å². The maximum Gasteiger partial charge on any atom is 0.163 e. The van der Waals surface area contributed by atoms with Gasteiger partial charge < -0.3 is 0 Å². The zero-order valence-electron chi connectivity index (χ0n) is 5.83. The van der Waals surface area contributed by atoms with Crippen LogP contribution in [0, 0.1) is 0 Å². The molecule has 0 bridgehead atoms. The Bertz CT molecular complexity index is 416. The van der Waals surface area contributed by atoms with E-state index in [9.17, 15) is 0 Å². The van der Waals surface area contributed by atoms with Gasteiger partial charge in [0, 0.05) is 5.39 Å². The maximum absolute atomic E-state index is 5.75. The molecule has 12 heavy (non-hydrogen) atoms. The van der Waals surface area contributed by atoms with Crippen molar-refractivity contribution in [2.45, 2.75) is 0 Å². The summed E-state index contributed by atoms with van der Waals surface area (Å²) in [5, 5.41) is 5.70. The van der Waals surface area contributed by atoms with Gasteiger partial charge in [-0.05, 0) is 34.2 Å². The molecule has 0 aliphatic heterocycles. The standard InChI is InChI=1S/C6H4ClIN3P/c7-5-2-1-4-3-9-11(12-8)6(4)10-5/h1-3,12H. The van der Waals surface area contributed by atoms with Crippen molar-refractivity contribution in [2.24, 2.45) is 0 Å². The minimum Gasteiger partial charge on any atom is -0.219 e. The molecule has 0 N–H and O–H groups in total. The van der Waals surface area contributed by atoms with E-state index in [4.69, 9.17) is 11.6 Å². The molecule has 0 fully saturated rings. The molecule has 1 atom stereocenters. The molecule has 3 nitrogen and oxygen atoms in total. The Morgan fingerprint density at radius 2 is 2.33 bits per heavy atom. The van der Waals surface area contributed by atoms with Crippen molar-refractivity contribution in [3.05, 3.63) is 23.5 Å². The molecular weight excluding hydrogens is 307 g/mol. The van der Waals surface area contributed by atoms with E-state index in [2.05, 4.69) is 32.1 Å².